The normalized spacial score (nSPS) is 11.1. The predicted octanol–water partition coefficient (Wildman–Crippen LogP) is 0.553. The molecule has 0 aliphatic heterocycles. The minimum atomic E-state index is -3.75. The monoisotopic (exact) mass is 317 g/mol. The molecule has 0 unspecified atom stereocenters. The van der Waals surface area contributed by atoms with E-state index >= 15 is 0 Å². The quantitative estimate of drug-likeness (QED) is 0.528. The molecule has 0 aliphatic rings. The molecule has 21 heavy (non-hydrogen) atoms. The summed E-state index contributed by atoms with van der Waals surface area (Å²) in [4.78, 5) is 11.2. The highest BCUT2D eigenvalue weighted by atomic mass is 32.2. The van der Waals surface area contributed by atoms with Crippen molar-refractivity contribution in [2.24, 2.45) is 0 Å². The minimum Gasteiger partial charge on any atom is -0.491 e. The molecule has 0 amide bonds. The van der Waals surface area contributed by atoms with Crippen molar-refractivity contribution in [2.75, 3.05) is 33.5 Å². The van der Waals surface area contributed by atoms with Crippen LogP contribution < -0.4 is 9.46 Å². The summed E-state index contributed by atoms with van der Waals surface area (Å²) < 4.78 is 40.9. The van der Waals surface area contributed by atoms with Crippen LogP contribution in [0.1, 0.15) is 6.92 Å². The van der Waals surface area contributed by atoms with Gasteiger partial charge in [0.05, 0.1) is 18.1 Å². The van der Waals surface area contributed by atoms with E-state index in [9.17, 15) is 13.2 Å². The van der Waals surface area contributed by atoms with E-state index in [0.717, 1.165) is 0 Å². The lowest BCUT2D eigenvalue weighted by Crippen LogP contribution is -2.30. The Labute approximate surface area is 124 Å². The molecule has 0 aliphatic carbocycles. The molecule has 1 rings (SSSR count). The van der Waals surface area contributed by atoms with Gasteiger partial charge >= 0.3 is 5.97 Å². The van der Waals surface area contributed by atoms with Gasteiger partial charge in [-0.05, 0) is 31.2 Å². The average Bonchev–Trinajstić information content (AvgIpc) is 2.46. The summed E-state index contributed by atoms with van der Waals surface area (Å²) in [6.45, 7) is 2.27. The van der Waals surface area contributed by atoms with E-state index in [2.05, 4.69) is 9.46 Å². The highest BCUT2D eigenvalue weighted by molar-refractivity contribution is 7.89. The van der Waals surface area contributed by atoms with Crippen LogP contribution in [0.3, 0.4) is 0 Å². The van der Waals surface area contributed by atoms with Gasteiger partial charge < -0.3 is 14.2 Å². The molecule has 0 spiro atoms. The first kappa shape index (κ1) is 17.4. The number of hydrogen-bond donors (Lipinski definition) is 1. The molecule has 1 N–H and O–H groups in total. The van der Waals surface area contributed by atoms with E-state index < -0.39 is 22.5 Å². The molecule has 0 fully saturated rings. The summed E-state index contributed by atoms with van der Waals surface area (Å²) >= 11 is 0. The van der Waals surface area contributed by atoms with Gasteiger partial charge in [-0.2, -0.15) is 4.72 Å². The van der Waals surface area contributed by atoms with Gasteiger partial charge in [-0.1, -0.05) is 0 Å². The van der Waals surface area contributed by atoms with Crippen molar-refractivity contribution in [3.8, 4) is 5.75 Å². The highest BCUT2D eigenvalue weighted by Gasteiger charge is 2.15. The fourth-order valence-corrected chi connectivity index (χ4v) is 2.38. The molecule has 0 radical (unpaired) electrons. The molecule has 0 bridgehead atoms. The third kappa shape index (κ3) is 6.11. The Bertz CT molecular complexity index is 540. The topological polar surface area (TPSA) is 90.9 Å². The third-order valence-corrected chi connectivity index (χ3v) is 3.82. The average molecular weight is 317 g/mol. The molecular weight excluding hydrogens is 298 g/mol. The van der Waals surface area contributed by atoms with Gasteiger partial charge in [0.2, 0.25) is 10.0 Å². The maximum Gasteiger partial charge on any atom is 0.321 e. The van der Waals surface area contributed by atoms with Crippen LogP contribution >= 0.6 is 0 Å². The van der Waals surface area contributed by atoms with Crippen molar-refractivity contribution in [2.45, 2.75) is 11.8 Å². The van der Waals surface area contributed by atoms with E-state index in [-0.39, 0.29) is 11.5 Å². The van der Waals surface area contributed by atoms with Gasteiger partial charge in [0.25, 0.3) is 0 Å². The number of rotatable bonds is 9. The smallest absolute Gasteiger partial charge is 0.321 e. The summed E-state index contributed by atoms with van der Waals surface area (Å²) in [5, 5.41) is 0. The fraction of sp³-hybridized carbons (Fsp3) is 0.462. The fourth-order valence-electron chi connectivity index (χ4n) is 1.41. The van der Waals surface area contributed by atoms with Crippen LogP contribution in [-0.2, 0) is 24.3 Å². The second-order valence-corrected chi connectivity index (χ2v) is 5.71. The standard InChI is InChI=1S/C13H19NO6S/c1-3-19-13(15)10-14-21(16,17)12-6-4-11(5-7-12)20-9-8-18-2/h4-7,14H,3,8-10H2,1-2H3. The number of carbonyl (C=O) groups excluding carboxylic acids is 1. The molecule has 0 atom stereocenters. The van der Waals surface area contributed by atoms with E-state index in [4.69, 9.17) is 9.47 Å². The van der Waals surface area contributed by atoms with Crippen molar-refractivity contribution in [1.82, 2.24) is 4.72 Å². The van der Waals surface area contributed by atoms with Crippen LogP contribution in [0.25, 0.3) is 0 Å². The van der Waals surface area contributed by atoms with E-state index in [1.54, 1.807) is 14.0 Å². The number of benzene rings is 1. The summed E-state index contributed by atoms with van der Waals surface area (Å²) in [7, 11) is -2.18. The third-order valence-electron chi connectivity index (χ3n) is 2.40. The first-order chi connectivity index (χ1) is 9.99. The van der Waals surface area contributed by atoms with Crippen LogP contribution in [0.2, 0.25) is 0 Å². The molecule has 0 saturated heterocycles. The number of methoxy groups -OCH3 is 1. The van der Waals surface area contributed by atoms with Crippen molar-refractivity contribution in [1.29, 1.82) is 0 Å². The van der Waals surface area contributed by atoms with E-state index in [0.29, 0.717) is 19.0 Å². The lowest BCUT2D eigenvalue weighted by molar-refractivity contribution is -0.141. The first-order valence-corrected chi connectivity index (χ1v) is 7.85. The van der Waals surface area contributed by atoms with Gasteiger partial charge in [0.15, 0.2) is 0 Å². The largest absolute Gasteiger partial charge is 0.491 e. The van der Waals surface area contributed by atoms with Gasteiger partial charge in [-0.25, -0.2) is 8.42 Å². The maximum absolute atomic E-state index is 11.9. The number of ether oxygens (including phenoxy) is 3. The van der Waals surface area contributed by atoms with Crippen molar-refractivity contribution < 1.29 is 27.4 Å². The zero-order valence-corrected chi connectivity index (χ0v) is 12.8. The zero-order valence-electron chi connectivity index (χ0n) is 12.0. The number of carbonyl (C=O) groups is 1. The van der Waals surface area contributed by atoms with Gasteiger partial charge in [-0.3, -0.25) is 4.79 Å². The Morgan fingerprint density at radius 2 is 1.86 bits per heavy atom. The van der Waals surface area contributed by atoms with Crippen molar-refractivity contribution in [3.05, 3.63) is 24.3 Å². The molecule has 8 heteroatoms. The number of nitrogens with one attached hydrogen (secondary N) is 1. The lowest BCUT2D eigenvalue weighted by atomic mass is 10.3. The van der Waals surface area contributed by atoms with E-state index in [1.165, 1.54) is 24.3 Å². The Balaban J connectivity index is 2.60. The second kappa shape index (κ2) is 8.60. The molecule has 1 aromatic rings. The van der Waals surface area contributed by atoms with Gasteiger partial charge in [0, 0.05) is 7.11 Å². The Hall–Kier alpha value is -1.64. The minimum absolute atomic E-state index is 0.0471. The number of hydrogen-bond acceptors (Lipinski definition) is 6. The van der Waals surface area contributed by atoms with Crippen LogP contribution in [0, 0.1) is 0 Å². The highest BCUT2D eigenvalue weighted by Crippen LogP contribution is 2.15. The summed E-state index contributed by atoms with van der Waals surface area (Å²) in [5.74, 6) is -0.0861. The molecule has 1 aromatic carbocycles. The molecule has 0 heterocycles. The molecule has 0 aromatic heterocycles. The molecule has 7 nitrogen and oxygen atoms in total. The summed E-state index contributed by atoms with van der Waals surface area (Å²) in [5.41, 5.74) is 0. The Morgan fingerprint density at radius 3 is 2.43 bits per heavy atom. The van der Waals surface area contributed by atoms with Crippen LogP contribution in [0.4, 0.5) is 0 Å². The van der Waals surface area contributed by atoms with Crippen molar-refractivity contribution >= 4 is 16.0 Å². The Morgan fingerprint density at radius 1 is 1.19 bits per heavy atom. The van der Waals surface area contributed by atoms with Crippen molar-refractivity contribution in [3.63, 3.8) is 0 Å². The zero-order chi connectivity index (χ0) is 15.7. The van der Waals surface area contributed by atoms with Gasteiger partial charge in [-0.15, -0.1) is 0 Å². The lowest BCUT2D eigenvalue weighted by Gasteiger charge is -2.08. The summed E-state index contributed by atoms with van der Waals surface area (Å²) in [6, 6.07) is 5.87. The molecule has 0 saturated carbocycles. The maximum atomic E-state index is 11.9. The van der Waals surface area contributed by atoms with E-state index in [1.807, 2.05) is 0 Å². The molecule has 118 valence electrons. The van der Waals surface area contributed by atoms with Gasteiger partial charge in [0.1, 0.15) is 18.9 Å². The second-order valence-electron chi connectivity index (χ2n) is 3.94. The van der Waals surface area contributed by atoms with Crippen LogP contribution in [0.15, 0.2) is 29.2 Å². The first-order valence-electron chi connectivity index (χ1n) is 6.36. The summed E-state index contributed by atoms with van der Waals surface area (Å²) in [6.07, 6.45) is 0. The number of esters is 1. The molecular formula is C13H19NO6S. The predicted molar refractivity (Wildman–Crippen MR) is 75.6 cm³/mol. The number of sulfonamides is 1. The van der Waals surface area contributed by atoms with Crippen LogP contribution in [-0.4, -0.2) is 47.9 Å². The van der Waals surface area contributed by atoms with Crippen LogP contribution in [0.5, 0.6) is 5.75 Å². The SMILES string of the molecule is CCOC(=O)CNS(=O)(=O)c1ccc(OCCOC)cc1. The Kier molecular flexibility index (Phi) is 7.13.